The lowest BCUT2D eigenvalue weighted by Crippen LogP contribution is -2.28. The van der Waals surface area contributed by atoms with Crippen molar-refractivity contribution in [3.63, 3.8) is 0 Å². The fourth-order valence-electron chi connectivity index (χ4n) is 2.01. The fourth-order valence-corrected chi connectivity index (χ4v) is 2.01. The van der Waals surface area contributed by atoms with E-state index in [1.807, 2.05) is 19.9 Å². The van der Waals surface area contributed by atoms with E-state index >= 15 is 0 Å². The minimum Gasteiger partial charge on any atom is -0.280 e. The Balaban J connectivity index is 2.52. The van der Waals surface area contributed by atoms with Gasteiger partial charge in [-0.2, -0.15) is 13.2 Å². The fraction of sp³-hybridized carbons (Fsp3) is 0.462. The Hall–Kier alpha value is -1.32. The lowest BCUT2D eigenvalue weighted by atomic mass is 9.92. The van der Waals surface area contributed by atoms with Gasteiger partial charge in [0.1, 0.15) is 5.71 Å². The van der Waals surface area contributed by atoms with Crippen molar-refractivity contribution >= 4 is 5.71 Å². The second-order valence-corrected chi connectivity index (χ2v) is 4.55. The van der Waals surface area contributed by atoms with Gasteiger partial charge in [-0.15, -0.1) is 0 Å². The summed E-state index contributed by atoms with van der Waals surface area (Å²) in [6.07, 6.45) is -3.77. The molecule has 92 valence electrons. The zero-order valence-corrected chi connectivity index (χ0v) is 9.80. The third-order valence-electron chi connectivity index (χ3n) is 2.98. The van der Waals surface area contributed by atoms with Gasteiger partial charge in [0.25, 0.3) is 0 Å². The van der Waals surface area contributed by atoms with Crippen LogP contribution in [0.2, 0.25) is 0 Å². The quantitative estimate of drug-likeness (QED) is 0.710. The van der Waals surface area contributed by atoms with Crippen molar-refractivity contribution in [2.45, 2.75) is 32.4 Å². The van der Waals surface area contributed by atoms with Gasteiger partial charge in [0.05, 0.1) is 0 Å². The summed E-state index contributed by atoms with van der Waals surface area (Å²) in [6.45, 7) is 4.16. The standard InChI is InChI=1S/C13H14F3N/c1-8(2)10-4-3-9-5-6-17-12(11(9)7-10)13(14,15)16/h3-4,7-8H,5-6H2,1-2H3. The van der Waals surface area contributed by atoms with Gasteiger partial charge in [0.15, 0.2) is 0 Å². The zero-order valence-electron chi connectivity index (χ0n) is 9.80. The third-order valence-corrected chi connectivity index (χ3v) is 2.98. The summed E-state index contributed by atoms with van der Waals surface area (Å²) >= 11 is 0. The molecular weight excluding hydrogens is 227 g/mol. The molecule has 0 spiro atoms. The summed E-state index contributed by atoms with van der Waals surface area (Å²) in [5, 5.41) is 0. The highest BCUT2D eigenvalue weighted by atomic mass is 19.4. The predicted octanol–water partition coefficient (Wildman–Crippen LogP) is 3.72. The van der Waals surface area contributed by atoms with Crippen molar-refractivity contribution in [3.05, 3.63) is 34.9 Å². The van der Waals surface area contributed by atoms with Crippen LogP contribution in [0.1, 0.15) is 36.5 Å². The average Bonchev–Trinajstić information content (AvgIpc) is 2.26. The third kappa shape index (κ3) is 2.35. The monoisotopic (exact) mass is 241 g/mol. The van der Waals surface area contributed by atoms with Gasteiger partial charge in [-0.3, -0.25) is 4.99 Å². The van der Waals surface area contributed by atoms with Crippen LogP contribution >= 0.6 is 0 Å². The number of hydrogen-bond acceptors (Lipinski definition) is 1. The van der Waals surface area contributed by atoms with Crippen LogP contribution in [0.25, 0.3) is 0 Å². The van der Waals surface area contributed by atoms with Crippen LogP contribution in [0.15, 0.2) is 23.2 Å². The Bertz CT molecular complexity index is 458. The van der Waals surface area contributed by atoms with E-state index in [0.717, 1.165) is 11.1 Å². The van der Waals surface area contributed by atoms with Crippen molar-refractivity contribution in [2.75, 3.05) is 6.54 Å². The number of rotatable bonds is 1. The molecule has 0 saturated carbocycles. The second-order valence-electron chi connectivity index (χ2n) is 4.55. The van der Waals surface area contributed by atoms with Crippen molar-refractivity contribution in [1.29, 1.82) is 0 Å². The second kappa shape index (κ2) is 4.17. The molecule has 1 aromatic carbocycles. The highest BCUT2D eigenvalue weighted by Crippen LogP contribution is 2.29. The number of halogens is 3. The van der Waals surface area contributed by atoms with Gasteiger partial charge in [-0.05, 0) is 29.5 Å². The maximum atomic E-state index is 12.8. The van der Waals surface area contributed by atoms with Gasteiger partial charge in [0.2, 0.25) is 0 Å². The molecule has 1 nitrogen and oxygen atoms in total. The van der Waals surface area contributed by atoms with E-state index in [9.17, 15) is 13.2 Å². The Morgan fingerprint density at radius 3 is 2.53 bits per heavy atom. The minimum atomic E-state index is -4.36. The Morgan fingerprint density at radius 1 is 1.24 bits per heavy atom. The number of alkyl halides is 3. The van der Waals surface area contributed by atoms with Crippen LogP contribution in [-0.2, 0) is 6.42 Å². The van der Waals surface area contributed by atoms with Crippen LogP contribution in [-0.4, -0.2) is 18.4 Å². The van der Waals surface area contributed by atoms with E-state index in [-0.39, 0.29) is 18.0 Å². The average molecular weight is 241 g/mol. The topological polar surface area (TPSA) is 12.4 Å². The number of fused-ring (bicyclic) bond motifs is 1. The minimum absolute atomic E-state index is 0.219. The molecule has 1 heterocycles. The molecule has 0 radical (unpaired) electrons. The summed E-state index contributed by atoms with van der Waals surface area (Å²) in [7, 11) is 0. The van der Waals surface area contributed by atoms with Crippen molar-refractivity contribution in [2.24, 2.45) is 4.99 Å². The Morgan fingerprint density at radius 2 is 1.94 bits per heavy atom. The number of nitrogens with zero attached hydrogens (tertiary/aromatic N) is 1. The highest BCUT2D eigenvalue weighted by Gasteiger charge is 2.38. The molecule has 2 rings (SSSR count). The normalized spacial score (nSPS) is 15.8. The lowest BCUT2D eigenvalue weighted by molar-refractivity contribution is -0.0584. The molecule has 0 fully saturated rings. The molecule has 1 aliphatic rings. The molecule has 0 amide bonds. The lowest BCUT2D eigenvalue weighted by Gasteiger charge is -2.20. The maximum absolute atomic E-state index is 12.8. The largest absolute Gasteiger partial charge is 0.433 e. The van der Waals surface area contributed by atoms with Gasteiger partial charge in [0, 0.05) is 12.1 Å². The first-order valence-electron chi connectivity index (χ1n) is 5.64. The summed E-state index contributed by atoms with van der Waals surface area (Å²) in [5.74, 6) is 0.219. The Kier molecular flexibility index (Phi) is 2.98. The molecule has 4 heteroatoms. The van der Waals surface area contributed by atoms with E-state index in [0.29, 0.717) is 6.42 Å². The first-order chi connectivity index (χ1) is 7.89. The number of hydrogen-bond donors (Lipinski definition) is 0. The van der Waals surface area contributed by atoms with Crippen LogP contribution < -0.4 is 0 Å². The molecule has 0 atom stereocenters. The predicted molar refractivity (Wildman–Crippen MR) is 61.7 cm³/mol. The van der Waals surface area contributed by atoms with Gasteiger partial charge in [-0.1, -0.05) is 26.0 Å². The molecule has 0 saturated heterocycles. The van der Waals surface area contributed by atoms with Crippen LogP contribution in [0, 0.1) is 0 Å². The van der Waals surface area contributed by atoms with Crippen LogP contribution in [0.5, 0.6) is 0 Å². The van der Waals surface area contributed by atoms with Gasteiger partial charge in [-0.25, -0.2) is 0 Å². The molecular formula is C13H14F3N. The molecule has 1 aliphatic heterocycles. The van der Waals surface area contributed by atoms with E-state index in [1.165, 1.54) is 0 Å². The van der Waals surface area contributed by atoms with E-state index in [4.69, 9.17) is 0 Å². The molecule has 1 aromatic rings. The summed E-state index contributed by atoms with van der Waals surface area (Å²) in [4.78, 5) is 3.63. The van der Waals surface area contributed by atoms with E-state index in [1.54, 1.807) is 12.1 Å². The summed E-state index contributed by atoms with van der Waals surface area (Å²) in [5.41, 5.74) is 1.20. The van der Waals surface area contributed by atoms with Crippen molar-refractivity contribution < 1.29 is 13.2 Å². The summed E-state index contributed by atoms with van der Waals surface area (Å²) < 4.78 is 38.5. The first kappa shape index (κ1) is 12.1. The number of aliphatic imine (C=N–C) groups is 1. The number of benzene rings is 1. The van der Waals surface area contributed by atoms with Gasteiger partial charge < -0.3 is 0 Å². The van der Waals surface area contributed by atoms with Gasteiger partial charge >= 0.3 is 6.18 Å². The van der Waals surface area contributed by atoms with E-state index < -0.39 is 11.9 Å². The van der Waals surface area contributed by atoms with Crippen LogP contribution in [0.4, 0.5) is 13.2 Å². The smallest absolute Gasteiger partial charge is 0.280 e. The molecule has 0 N–H and O–H groups in total. The van der Waals surface area contributed by atoms with Crippen molar-refractivity contribution in [3.8, 4) is 0 Å². The molecule has 17 heavy (non-hydrogen) atoms. The molecule has 0 aliphatic carbocycles. The maximum Gasteiger partial charge on any atom is 0.433 e. The molecule has 0 unspecified atom stereocenters. The Labute approximate surface area is 98.4 Å². The highest BCUT2D eigenvalue weighted by molar-refractivity contribution is 6.06. The molecule has 0 bridgehead atoms. The van der Waals surface area contributed by atoms with E-state index in [2.05, 4.69) is 4.99 Å². The first-order valence-corrected chi connectivity index (χ1v) is 5.64. The zero-order chi connectivity index (χ0) is 12.6. The SMILES string of the molecule is CC(C)c1ccc2c(c1)C(C(F)(F)F)=NCC2. The van der Waals surface area contributed by atoms with Crippen LogP contribution in [0.3, 0.4) is 0 Å². The van der Waals surface area contributed by atoms with Crippen molar-refractivity contribution in [1.82, 2.24) is 0 Å². The molecule has 0 aromatic heterocycles. The summed E-state index contributed by atoms with van der Waals surface area (Å²) in [6, 6.07) is 5.33.